The summed E-state index contributed by atoms with van der Waals surface area (Å²) < 4.78 is 5.75. The predicted octanol–water partition coefficient (Wildman–Crippen LogP) is -2.20. The minimum absolute atomic E-state index is 0.000131. The maximum absolute atomic E-state index is 12.1. The molecule has 2 fully saturated rings. The summed E-state index contributed by atoms with van der Waals surface area (Å²) in [5.41, 5.74) is 9.72. The Balaban J connectivity index is 1.60. The lowest BCUT2D eigenvalue weighted by molar-refractivity contribution is -0.129. The number of ether oxygens (including phenoxy) is 1. The molecule has 3 rings (SSSR count). The van der Waals surface area contributed by atoms with E-state index in [0.29, 0.717) is 25.1 Å². The molecular weight excluding hydrogens is 423 g/mol. The van der Waals surface area contributed by atoms with E-state index >= 15 is 0 Å². The van der Waals surface area contributed by atoms with Crippen molar-refractivity contribution in [3.63, 3.8) is 0 Å². The molecule has 0 bridgehead atoms. The van der Waals surface area contributed by atoms with Crippen LogP contribution in [0, 0.1) is 0 Å². The fraction of sp³-hybridized carbons (Fsp3) is 0.526. The van der Waals surface area contributed by atoms with E-state index < -0.39 is 42.0 Å². The van der Waals surface area contributed by atoms with Gasteiger partial charge in [-0.3, -0.25) is 14.5 Å². The number of carbonyl (C=O) groups excluding carboxylic acids is 2. The summed E-state index contributed by atoms with van der Waals surface area (Å²) in [6.45, 7) is 2.14. The Morgan fingerprint density at radius 1 is 1.31 bits per heavy atom. The summed E-state index contributed by atoms with van der Waals surface area (Å²) >= 11 is 0. The SMILES string of the molecule is CC(N)(CN1CC(Oc2ccc(C3CC3B(O)O)c(O)c2C(=O)O)C1)C(=O)NCC(N)=O. The van der Waals surface area contributed by atoms with Crippen molar-refractivity contribution in [1.29, 1.82) is 0 Å². The first-order valence-electron chi connectivity index (χ1n) is 10.1. The summed E-state index contributed by atoms with van der Waals surface area (Å²) in [5, 5.41) is 41.0. The number of likely N-dealkylation sites (tertiary alicyclic amines) is 1. The summed E-state index contributed by atoms with van der Waals surface area (Å²) in [4.78, 5) is 36.5. The number of rotatable bonds is 10. The molecular formula is C19H27BN4O8. The topological polar surface area (TPSA) is 209 Å². The van der Waals surface area contributed by atoms with E-state index in [9.17, 15) is 34.6 Å². The highest BCUT2D eigenvalue weighted by molar-refractivity contribution is 6.44. The molecule has 0 radical (unpaired) electrons. The van der Waals surface area contributed by atoms with E-state index in [4.69, 9.17) is 16.2 Å². The molecule has 1 aromatic rings. The Morgan fingerprint density at radius 3 is 2.50 bits per heavy atom. The number of nitrogens with zero attached hydrogens (tertiary/aromatic N) is 1. The highest BCUT2D eigenvalue weighted by atomic mass is 16.5. The van der Waals surface area contributed by atoms with Crippen molar-refractivity contribution < 1.29 is 39.4 Å². The molecule has 1 aromatic carbocycles. The van der Waals surface area contributed by atoms with Crippen molar-refractivity contribution in [3.05, 3.63) is 23.3 Å². The largest absolute Gasteiger partial charge is 0.507 e. The average molecular weight is 450 g/mol. The van der Waals surface area contributed by atoms with Crippen LogP contribution in [-0.4, -0.2) is 87.9 Å². The van der Waals surface area contributed by atoms with Crippen molar-refractivity contribution >= 4 is 24.9 Å². The number of nitrogens with one attached hydrogen (secondary N) is 1. The molecule has 1 saturated carbocycles. The number of primary amides is 1. The van der Waals surface area contributed by atoms with Gasteiger partial charge in [0, 0.05) is 25.5 Å². The van der Waals surface area contributed by atoms with Gasteiger partial charge in [-0.05, 0) is 30.9 Å². The maximum Gasteiger partial charge on any atom is 0.455 e. The second-order valence-corrected chi connectivity index (χ2v) is 8.60. The monoisotopic (exact) mass is 450 g/mol. The summed E-state index contributed by atoms with van der Waals surface area (Å²) in [7, 11) is -1.53. The highest BCUT2D eigenvalue weighted by Gasteiger charge is 2.48. The van der Waals surface area contributed by atoms with Gasteiger partial charge in [-0.2, -0.15) is 0 Å². The first kappa shape index (κ1) is 23.8. The summed E-state index contributed by atoms with van der Waals surface area (Å²) in [5.74, 6) is -3.79. The van der Waals surface area contributed by atoms with Crippen molar-refractivity contribution in [1.82, 2.24) is 10.2 Å². The Kier molecular flexibility index (Phi) is 6.65. The van der Waals surface area contributed by atoms with Gasteiger partial charge in [0.05, 0.1) is 6.54 Å². The van der Waals surface area contributed by atoms with Gasteiger partial charge in [0.25, 0.3) is 0 Å². The smallest absolute Gasteiger partial charge is 0.455 e. The zero-order valence-electron chi connectivity index (χ0n) is 17.5. The molecule has 32 heavy (non-hydrogen) atoms. The van der Waals surface area contributed by atoms with Crippen molar-refractivity contribution in [2.24, 2.45) is 11.5 Å². The standard InChI is InChI=1S/C19H27BN4O8/c1-19(22,18(29)23-5-14(21)25)8-24-6-9(7-24)32-13-3-2-10(11-4-12(11)20(30)31)16(26)15(13)17(27)28/h2-3,9,11-12,26,30-31H,4-8,22H2,1H3,(H2,21,25)(H,23,29)(H,27,28). The van der Waals surface area contributed by atoms with Crippen LogP contribution in [0.5, 0.6) is 11.5 Å². The fourth-order valence-corrected chi connectivity index (χ4v) is 3.91. The number of carboxylic acids is 1. The number of benzene rings is 1. The van der Waals surface area contributed by atoms with E-state index in [2.05, 4.69) is 5.32 Å². The second-order valence-electron chi connectivity index (χ2n) is 8.60. The molecule has 1 aliphatic heterocycles. The van der Waals surface area contributed by atoms with E-state index in [0.717, 1.165) is 0 Å². The maximum atomic E-state index is 12.1. The Hall–Kier alpha value is -2.87. The van der Waals surface area contributed by atoms with Gasteiger partial charge in [0.1, 0.15) is 28.7 Å². The third kappa shape index (κ3) is 5.13. The molecule has 9 N–H and O–H groups in total. The molecule has 3 atom stereocenters. The third-order valence-electron chi connectivity index (χ3n) is 5.72. The molecule has 0 spiro atoms. The average Bonchev–Trinajstić information content (AvgIpc) is 3.44. The Bertz CT molecular complexity index is 919. The molecule has 13 heteroatoms. The van der Waals surface area contributed by atoms with Crippen LogP contribution in [0.3, 0.4) is 0 Å². The molecule has 1 heterocycles. The molecule has 174 valence electrons. The third-order valence-corrected chi connectivity index (χ3v) is 5.72. The van der Waals surface area contributed by atoms with E-state index in [1.54, 1.807) is 0 Å². The molecule has 12 nitrogen and oxygen atoms in total. The number of hydrogen-bond donors (Lipinski definition) is 7. The molecule has 2 amide bonds. The van der Waals surface area contributed by atoms with Gasteiger partial charge in [-0.15, -0.1) is 0 Å². The number of carboxylic acid groups (broad SMARTS) is 1. The molecule has 0 aromatic heterocycles. The Labute approximate surface area is 184 Å². The predicted molar refractivity (Wildman–Crippen MR) is 112 cm³/mol. The van der Waals surface area contributed by atoms with Gasteiger partial charge in [-0.1, -0.05) is 6.07 Å². The molecule has 1 aliphatic carbocycles. The van der Waals surface area contributed by atoms with Crippen molar-refractivity contribution in [3.8, 4) is 11.5 Å². The number of hydrogen-bond acceptors (Lipinski definition) is 9. The van der Waals surface area contributed by atoms with Gasteiger partial charge < -0.3 is 41.8 Å². The van der Waals surface area contributed by atoms with E-state index in [1.165, 1.54) is 19.1 Å². The van der Waals surface area contributed by atoms with Crippen molar-refractivity contribution in [2.75, 3.05) is 26.2 Å². The number of amides is 2. The minimum Gasteiger partial charge on any atom is -0.507 e. The van der Waals surface area contributed by atoms with E-state index in [-0.39, 0.29) is 36.4 Å². The zero-order valence-corrected chi connectivity index (χ0v) is 17.5. The van der Waals surface area contributed by atoms with Crippen LogP contribution in [0.15, 0.2) is 12.1 Å². The minimum atomic E-state index is -1.53. The molecule has 3 unspecified atom stereocenters. The normalized spacial score (nSPS) is 22.4. The number of carbonyl (C=O) groups is 3. The number of nitrogens with two attached hydrogens (primary N) is 2. The molecule has 2 aliphatic rings. The van der Waals surface area contributed by atoms with Gasteiger partial charge >= 0.3 is 13.1 Å². The van der Waals surface area contributed by atoms with Crippen LogP contribution in [0.4, 0.5) is 0 Å². The Morgan fingerprint density at radius 2 is 1.97 bits per heavy atom. The lowest BCUT2D eigenvalue weighted by Gasteiger charge is -2.42. The van der Waals surface area contributed by atoms with Crippen LogP contribution < -0.4 is 21.5 Å². The van der Waals surface area contributed by atoms with Gasteiger partial charge in [-0.25, -0.2) is 4.79 Å². The van der Waals surface area contributed by atoms with E-state index in [1.807, 2.05) is 4.90 Å². The number of aromatic carboxylic acids is 1. The zero-order chi connectivity index (χ0) is 23.8. The number of phenols is 1. The van der Waals surface area contributed by atoms with Crippen LogP contribution in [-0.2, 0) is 9.59 Å². The summed E-state index contributed by atoms with van der Waals surface area (Å²) in [6, 6.07) is 2.98. The first-order valence-corrected chi connectivity index (χ1v) is 10.1. The van der Waals surface area contributed by atoms with Crippen LogP contribution in [0.25, 0.3) is 0 Å². The first-order chi connectivity index (χ1) is 14.9. The van der Waals surface area contributed by atoms with Crippen LogP contribution >= 0.6 is 0 Å². The number of aromatic hydroxyl groups is 1. The van der Waals surface area contributed by atoms with Crippen molar-refractivity contribution in [2.45, 2.75) is 36.7 Å². The fourth-order valence-electron chi connectivity index (χ4n) is 3.91. The van der Waals surface area contributed by atoms with Crippen LogP contribution in [0.2, 0.25) is 5.82 Å². The van der Waals surface area contributed by atoms with Crippen LogP contribution in [0.1, 0.15) is 35.2 Å². The quantitative estimate of drug-likeness (QED) is 0.191. The lowest BCUT2D eigenvalue weighted by Crippen LogP contribution is -2.64. The second kappa shape index (κ2) is 8.94. The molecule has 1 saturated heterocycles. The summed E-state index contributed by atoms with van der Waals surface area (Å²) in [6.07, 6.45) is 0.0585. The lowest BCUT2D eigenvalue weighted by atomic mass is 9.81. The van der Waals surface area contributed by atoms with Gasteiger partial charge in [0.15, 0.2) is 0 Å². The van der Waals surface area contributed by atoms with Gasteiger partial charge in [0.2, 0.25) is 11.8 Å². The highest BCUT2D eigenvalue weighted by Crippen LogP contribution is 2.56.